The van der Waals surface area contributed by atoms with E-state index < -0.39 is 0 Å². The fourth-order valence-corrected chi connectivity index (χ4v) is 1.84. The van der Waals surface area contributed by atoms with Crippen molar-refractivity contribution in [2.75, 3.05) is 25.6 Å². The lowest BCUT2D eigenvalue weighted by molar-refractivity contribution is -0.120. The average Bonchev–Trinajstić information content (AvgIpc) is 3.26. The van der Waals surface area contributed by atoms with Crippen molar-refractivity contribution in [2.24, 2.45) is 5.92 Å². The molecule has 2 amide bonds. The van der Waals surface area contributed by atoms with E-state index in [0.717, 1.165) is 24.1 Å². The van der Waals surface area contributed by atoms with Crippen LogP contribution in [0.5, 0.6) is 0 Å². The van der Waals surface area contributed by atoms with Gasteiger partial charge in [0.1, 0.15) is 0 Å². The maximum absolute atomic E-state index is 11.6. The Morgan fingerprint density at radius 1 is 1.25 bits per heavy atom. The molecular weight excluding hydrogens is 256 g/mol. The summed E-state index contributed by atoms with van der Waals surface area (Å²) < 4.78 is 4.86. The van der Waals surface area contributed by atoms with Crippen LogP contribution in [0.25, 0.3) is 0 Å². The van der Waals surface area contributed by atoms with Crippen molar-refractivity contribution in [3.8, 4) is 0 Å². The quantitative estimate of drug-likeness (QED) is 0.739. The van der Waals surface area contributed by atoms with Gasteiger partial charge in [-0.1, -0.05) is 12.1 Å². The Morgan fingerprint density at radius 2 is 1.95 bits per heavy atom. The first kappa shape index (κ1) is 14.5. The van der Waals surface area contributed by atoms with Gasteiger partial charge >= 0.3 is 0 Å². The highest BCUT2D eigenvalue weighted by Gasteiger charge is 2.29. The first-order chi connectivity index (χ1) is 9.69. The van der Waals surface area contributed by atoms with Gasteiger partial charge in [-0.05, 0) is 30.5 Å². The minimum Gasteiger partial charge on any atom is -0.383 e. The molecule has 0 aromatic heterocycles. The zero-order chi connectivity index (χ0) is 14.4. The molecule has 1 aliphatic rings. The van der Waals surface area contributed by atoms with E-state index >= 15 is 0 Å². The lowest BCUT2D eigenvalue weighted by Gasteiger charge is -2.07. The van der Waals surface area contributed by atoms with Crippen LogP contribution in [0.2, 0.25) is 0 Å². The molecule has 0 atom stereocenters. The smallest absolute Gasteiger partial charge is 0.227 e. The number of carbonyl (C=O) groups is 2. The fraction of sp³-hybridized carbons (Fsp3) is 0.467. The molecule has 0 saturated heterocycles. The van der Waals surface area contributed by atoms with Crippen molar-refractivity contribution in [1.29, 1.82) is 0 Å². The van der Waals surface area contributed by atoms with E-state index in [1.165, 1.54) is 0 Å². The van der Waals surface area contributed by atoms with Gasteiger partial charge in [-0.15, -0.1) is 0 Å². The minimum atomic E-state index is -0.0307. The van der Waals surface area contributed by atoms with Crippen LogP contribution in [-0.4, -0.2) is 32.1 Å². The third-order valence-corrected chi connectivity index (χ3v) is 3.16. The molecule has 2 N–H and O–H groups in total. The Bertz CT molecular complexity index is 467. The number of hydrogen-bond acceptors (Lipinski definition) is 3. The molecule has 1 aromatic rings. The molecular formula is C15H20N2O3. The predicted octanol–water partition coefficient (Wildman–Crippen LogP) is 1.34. The lowest BCUT2D eigenvalue weighted by atomic mass is 10.1. The summed E-state index contributed by atoms with van der Waals surface area (Å²) in [5, 5.41) is 5.64. The number of benzene rings is 1. The van der Waals surface area contributed by atoms with Crippen molar-refractivity contribution >= 4 is 17.5 Å². The van der Waals surface area contributed by atoms with Gasteiger partial charge in [0.2, 0.25) is 11.8 Å². The van der Waals surface area contributed by atoms with Crippen LogP contribution < -0.4 is 10.6 Å². The van der Waals surface area contributed by atoms with Crippen molar-refractivity contribution in [2.45, 2.75) is 19.3 Å². The number of methoxy groups -OCH3 is 1. The van der Waals surface area contributed by atoms with Gasteiger partial charge in [-0.3, -0.25) is 9.59 Å². The van der Waals surface area contributed by atoms with Gasteiger partial charge in [-0.25, -0.2) is 0 Å². The van der Waals surface area contributed by atoms with Gasteiger partial charge < -0.3 is 15.4 Å². The molecule has 1 aromatic carbocycles. The number of amides is 2. The van der Waals surface area contributed by atoms with Crippen LogP contribution in [0.4, 0.5) is 5.69 Å². The first-order valence-electron chi connectivity index (χ1n) is 6.84. The van der Waals surface area contributed by atoms with Crippen molar-refractivity contribution in [3.63, 3.8) is 0 Å². The first-order valence-corrected chi connectivity index (χ1v) is 6.84. The maximum Gasteiger partial charge on any atom is 0.227 e. The zero-order valence-electron chi connectivity index (χ0n) is 11.6. The molecule has 0 radical (unpaired) electrons. The molecule has 1 saturated carbocycles. The summed E-state index contributed by atoms with van der Waals surface area (Å²) in [6, 6.07) is 7.38. The summed E-state index contributed by atoms with van der Waals surface area (Å²) in [7, 11) is 1.60. The number of rotatable bonds is 7. The SMILES string of the molecule is COCCNC(=O)Cc1ccc(NC(=O)C2CC2)cc1. The largest absolute Gasteiger partial charge is 0.383 e. The Balaban J connectivity index is 1.78. The number of nitrogens with one attached hydrogen (secondary N) is 2. The van der Waals surface area contributed by atoms with E-state index in [1.54, 1.807) is 7.11 Å². The number of ether oxygens (including phenoxy) is 1. The number of carbonyl (C=O) groups excluding carboxylic acids is 2. The van der Waals surface area contributed by atoms with Crippen molar-refractivity contribution in [3.05, 3.63) is 29.8 Å². The summed E-state index contributed by atoms with van der Waals surface area (Å²) in [6.07, 6.45) is 2.32. The van der Waals surface area contributed by atoms with Crippen molar-refractivity contribution < 1.29 is 14.3 Å². The standard InChI is InChI=1S/C15H20N2O3/c1-20-9-8-16-14(18)10-11-2-6-13(7-3-11)17-15(19)12-4-5-12/h2-3,6-7,12H,4-5,8-10H2,1H3,(H,16,18)(H,17,19). The van der Waals surface area contributed by atoms with Crippen LogP contribution in [0.3, 0.4) is 0 Å². The lowest BCUT2D eigenvalue weighted by Crippen LogP contribution is -2.28. The normalized spacial score (nSPS) is 13.8. The Hall–Kier alpha value is -1.88. The average molecular weight is 276 g/mol. The summed E-state index contributed by atoms with van der Waals surface area (Å²) >= 11 is 0. The van der Waals surface area contributed by atoms with E-state index in [9.17, 15) is 9.59 Å². The molecule has 0 unspecified atom stereocenters. The highest BCUT2D eigenvalue weighted by atomic mass is 16.5. The number of anilines is 1. The maximum atomic E-state index is 11.6. The molecule has 0 bridgehead atoms. The van der Waals surface area contributed by atoms with Gasteiger partial charge in [0.05, 0.1) is 13.0 Å². The topological polar surface area (TPSA) is 67.4 Å². The predicted molar refractivity (Wildman–Crippen MR) is 76.4 cm³/mol. The Labute approximate surface area is 118 Å². The van der Waals surface area contributed by atoms with E-state index in [-0.39, 0.29) is 17.7 Å². The molecule has 2 rings (SSSR count). The third kappa shape index (κ3) is 4.66. The summed E-state index contributed by atoms with van der Waals surface area (Å²) in [5.74, 6) is 0.258. The molecule has 1 aliphatic carbocycles. The van der Waals surface area contributed by atoms with Gasteiger partial charge in [0, 0.05) is 25.3 Å². The molecule has 1 fully saturated rings. The summed E-state index contributed by atoms with van der Waals surface area (Å²) in [6.45, 7) is 1.03. The highest BCUT2D eigenvalue weighted by molar-refractivity contribution is 5.94. The van der Waals surface area contributed by atoms with Gasteiger partial charge in [0.25, 0.3) is 0 Å². The molecule has 0 spiro atoms. The zero-order valence-corrected chi connectivity index (χ0v) is 11.6. The summed E-state index contributed by atoms with van der Waals surface area (Å²) in [4.78, 5) is 23.2. The fourth-order valence-electron chi connectivity index (χ4n) is 1.84. The van der Waals surface area contributed by atoms with Crippen molar-refractivity contribution in [1.82, 2.24) is 5.32 Å². The second-order valence-corrected chi connectivity index (χ2v) is 4.98. The van der Waals surface area contributed by atoms with Crippen LogP contribution >= 0.6 is 0 Å². The molecule has 0 heterocycles. The molecule has 20 heavy (non-hydrogen) atoms. The van der Waals surface area contributed by atoms with E-state index in [2.05, 4.69) is 10.6 Å². The Morgan fingerprint density at radius 3 is 2.55 bits per heavy atom. The second kappa shape index (κ2) is 7.05. The van der Waals surface area contributed by atoms with E-state index in [0.29, 0.717) is 19.6 Å². The molecule has 0 aliphatic heterocycles. The van der Waals surface area contributed by atoms with Gasteiger partial charge in [-0.2, -0.15) is 0 Å². The van der Waals surface area contributed by atoms with E-state index in [1.807, 2.05) is 24.3 Å². The third-order valence-electron chi connectivity index (χ3n) is 3.16. The van der Waals surface area contributed by atoms with Crippen LogP contribution in [0.1, 0.15) is 18.4 Å². The monoisotopic (exact) mass is 276 g/mol. The minimum absolute atomic E-state index is 0.0307. The molecule has 5 heteroatoms. The summed E-state index contributed by atoms with van der Waals surface area (Å²) in [5.41, 5.74) is 1.70. The van der Waals surface area contributed by atoms with Crippen LogP contribution in [0.15, 0.2) is 24.3 Å². The molecule has 108 valence electrons. The second-order valence-electron chi connectivity index (χ2n) is 4.98. The van der Waals surface area contributed by atoms with Gasteiger partial charge in [0.15, 0.2) is 0 Å². The highest BCUT2D eigenvalue weighted by Crippen LogP contribution is 2.30. The van der Waals surface area contributed by atoms with Crippen LogP contribution in [0, 0.1) is 5.92 Å². The number of hydrogen-bond donors (Lipinski definition) is 2. The van der Waals surface area contributed by atoms with E-state index in [4.69, 9.17) is 4.74 Å². The Kier molecular flexibility index (Phi) is 5.12. The van der Waals surface area contributed by atoms with Crippen LogP contribution in [-0.2, 0) is 20.7 Å². The molecule has 5 nitrogen and oxygen atoms in total.